The molecule has 152 valence electrons. The van der Waals surface area contributed by atoms with Crippen LogP contribution >= 0.6 is 0 Å². The zero-order chi connectivity index (χ0) is 20.0. The summed E-state index contributed by atoms with van der Waals surface area (Å²) in [5.41, 5.74) is -1.86. The third-order valence-electron chi connectivity index (χ3n) is 4.93. The van der Waals surface area contributed by atoms with Gasteiger partial charge < -0.3 is 10.1 Å². The highest BCUT2D eigenvalue weighted by molar-refractivity contribution is 7.90. The van der Waals surface area contributed by atoms with E-state index >= 15 is 0 Å². The average Bonchev–Trinajstić information content (AvgIpc) is 3.44. The second-order valence-electron chi connectivity index (χ2n) is 8.58. The van der Waals surface area contributed by atoms with Crippen molar-refractivity contribution in [1.29, 1.82) is 0 Å². The van der Waals surface area contributed by atoms with Crippen molar-refractivity contribution >= 4 is 27.9 Å². The van der Waals surface area contributed by atoms with Crippen molar-refractivity contribution in [3.63, 3.8) is 0 Å². The fourth-order valence-corrected chi connectivity index (χ4v) is 4.50. The van der Waals surface area contributed by atoms with Crippen LogP contribution in [0.5, 0.6) is 0 Å². The van der Waals surface area contributed by atoms with Gasteiger partial charge in [0.15, 0.2) is 0 Å². The van der Waals surface area contributed by atoms with Crippen LogP contribution in [0.2, 0.25) is 0 Å². The molecule has 0 aromatic carbocycles. The van der Waals surface area contributed by atoms with Gasteiger partial charge in [-0.05, 0) is 59.3 Å². The van der Waals surface area contributed by atoms with E-state index in [1.165, 1.54) is 4.90 Å². The van der Waals surface area contributed by atoms with Crippen LogP contribution < -0.4 is 10.0 Å². The van der Waals surface area contributed by atoms with Crippen LogP contribution in [0.15, 0.2) is 0 Å². The Bertz CT molecular complexity index is 749. The number of hydrogen-bond donors (Lipinski definition) is 2. The highest BCUT2D eigenvalue weighted by Crippen LogP contribution is 2.37. The summed E-state index contributed by atoms with van der Waals surface area (Å²) in [7, 11) is -3.66. The minimum Gasteiger partial charge on any atom is -0.444 e. The Balaban J connectivity index is 1.62. The Kier molecular flexibility index (Phi) is 4.90. The number of hydrogen-bond acceptors (Lipinski definition) is 6. The first-order chi connectivity index (χ1) is 12.4. The number of carbonyl (C=O) groups is 3. The first-order valence-corrected chi connectivity index (χ1v) is 10.9. The van der Waals surface area contributed by atoms with Crippen LogP contribution in [0.1, 0.15) is 59.3 Å². The van der Waals surface area contributed by atoms with E-state index in [4.69, 9.17) is 4.74 Å². The summed E-state index contributed by atoms with van der Waals surface area (Å²) < 4.78 is 31.4. The number of nitrogens with zero attached hydrogens (tertiary/aromatic N) is 1. The maximum Gasteiger partial charge on any atom is 0.410 e. The van der Waals surface area contributed by atoms with Crippen molar-refractivity contribution < 1.29 is 27.5 Å². The zero-order valence-corrected chi connectivity index (χ0v) is 16.7. The molecule has 0 aromatic heterocycles. The second kappa shape index (κ2) is 6.65. The summed E-state index contributed by atoms with van der Waals surface area (Å²) in [5.74, 6) is -1.14. The molecule has 0 aromatic rings. The van der Waals surface area contributed by atoms with Crippen molar-refractivity contribution in [2.24, 2.45) is 0 Å². The van der Waals surface area contributed by atoms with Gasteiger partial charge in [0.1, 0.15) is 17.2 Å². The molecule has 3 rings (SSSR count). The van der Waals surface area contributed by atoms with Gasteiger partial charge in [-0.15, -0.1) is 0 Å². The van der Waals surface area contributed by atoms with Gasteiger partial charge in [-0.2, -0.15) is 0 Å². The maximum absolute atomic E-state index is 12.7. The molecule has 0 radical (unpaired) electrons. The van der Waals surface area contributed by atoms with E-state index in [1.807, 2.05) is 0 Å². The lowest BCUT2D eigenvalue weighted by Crippen LogP contribution is -2.56. The van der Waals surface area contributed by atoms with Crippen molar-refractivity contribution in [3.8, 4) is 0 Å². The number of sulfonamides is 1. The molecule has 2 saturated carbocycles. The largest absolute Gasteiger partial charge is 0.444 e. The van der Waals surface area contributed by atoms with Gasteiger partial charge in [0.05, 0.1) is 5.25 Å². The predicted octanol–water partition coefficient (Wildman–Crippen LogP) is 0.643. The quantitative estimate of drug-likeness (QED) is 0.697. The van der Waals surface area contributed by atoms with Crippen LogP contribution in [-0.2, 0) is 24.3 Å². The van der Waals surface area contributed by atoms with E-state index in [2.05, 4.69) is 10.0 Å². The maximum atomic E-state index is 12.7. The van der Waals surface area contributed by atoms with E-state index in [0.717, 1.165) is 0 Å². The number of likely N-dealkylation sites (tertiary alicyclic amines) is 1. The molecule has 2 aliphatic carbocycles. The highest BCUT2D eigenvalue weighted by atomic mass is 32.2. The Morgan fingerprint density at radius 1 is 1.11 bits per heavy atom. The van der Waals surface area contributed by atoms with E-state index < -0.39 is 50.4 Å². The molecule has 3 amide bonds. The Labute approximate surface area is 159 Å². The molecule has 0 unspecified atom stereocenters. The number of nitrogens with one attached hydrogen (secondary N) is 2. The first-order valence-electron chi connectivity index (χ1n) is 9.31. The lowest BCUT2D eigenvalue weighted by atomic mass is 10.1. The molecule has 2 N–H and O–H groups in total. The molecule has 10 heteroatoms. The topological polar surface area (TPSA) is 122 Å². The Morgan fingerprint density at radius 2 is 1.74 bits per heavy atom. The van der Waals surface area contributed by atoms with Gasteiger partial charge in [0.25, 0.3) is 5.91 Å². The third-order valence-corrected chi connectivity index (χ3v) is 6.75. The average molecular weight is 401 g/mol. The Morgan fingerprint density at radius 3 is 2.26 bits per heavy atom. The standard InChI is InChI=1S/C17H27N3O6S/c1-16(2,3)26-15(23)20-10-4-5-12(20)13(21)18-17(8-9-17)14(22)19-27(24,25)11-6-7-11/h11-12H,4-10H2,1-3H3,(H,18,21)(H,19,22)/t12-/m0/s1. The van der Waals surface area contributed by atoms with Crippen molar-refractivity contribution in [3.05, 3.63) is 0 Å². The summed E-state index contributed by atoms with van der Waals surface area (Å²) in [6.45, 7) is 5.65. The van der Waals surface area contributed by atoms with Gasteiger partial charge in [-0.1, -0.05) is 0 Å². The molecule has 9 nitrogen and oxygen atoms in total. The molecule has 1 saturated heterocycles. The molecule has 1 heterocycles. The fourth-order valence-electron chi connectivity index (χ4n) is 3.12. The van der Waals surface area contributed by atoms with Crippen molar-refractivity contribution in [2.75, 3.05) is 6.54 Å². The van der Waals surface area contributed by atoms with E-state index in [9.17, 15) is 22.8 Å². The first kappa shape index (κ1) is 19.9. The molecule has 1 atom stereocenters. The van der Waals surface area contributed by atoms with Gasteiger partial charge in [0, 0.05) is 6.54 Å². The normalized spacial score (nSPS) is 24.3. The van der Waals surface area contributed by atoms with Gasteiger partial charge in [-0.3, -0.25) is 19.2 Å². The molecule has 0 bridgehead atoms. The van der Waals surface area contributed by atoms with Gasteiger partial charge >= 0.3 is 6.09 Å². The van der Waals surface area contributed by atoms with Crippen LogP contribution in [0.4, 0.5) is 4.79 Å². The molecule has 3 fully saturated rings. The zero-order valence-electron chi connectivity index (χ0n) is 15.9. The van der Waals surface area contributed by atoms with Crippen LogP contribution in [-0.4, -0.2) is 60.2 Å². The minimum absolute atomic E-state index is 0.379. The minimum atomic E-state index is -3.66. The van der Waals surface area contributed by atoms with Gasteiger partial charge in [0.2, 0.25) is 15.9 Å². The lowest BCUT2D eigenvalue weighted by Gasteiger charge is -2.29. The van der Waals surface area contributed by atoms with Crippen LogP contribution in [0, 0.1) is 0 Å². The second-order valence-corrected chi connectivity index (χ2v) is 10.5. The molecule has 0 spiro atoms. The monoisotopic (exact) mass is 401 g/mol. The van der Waals surface area contributed by atoms with Crippen molar-refractivity contribution in [2.45, 2.75) is 81.7 Å². The fraction of sp³-hybridized carbons (Fsp3) is 0.824. The summed E-state index contributed by atoms with van der Waals surface area (Å²) in [6, 6.07) is -0.717. The Hall–Kier alpha value is -1.84. The summed E-state index contributed by atoms with van der Waals surface area (Å²) >= 11 is 0. The van der Waals surface area contributed by atoms with E-state index in [1.54, 1.807) is 20.8 Å². The number of ether oxygens (including phenoxy) is 1. The van der Waals surface area contributed by atoms with Crippen molar-refractivity contribution in [1.82, 2.24) is 14.9 Å². The molecule has 1 aliphatic heterocycles. The lowest BCUT2D eigenvalue weighted by molar-refractivity contribution is -0.131. The summed E-state index contributed by atoms with van der Waals surface area (Å²) in [6.07, 6.45) is 2.43. The third kappa shape index (κ3) is 4.53. The van der Waals surface area contributed by atoms with E-state index in [-0.39, 0.29) is 0 Å². The molecule has 3 aliphatic rings. The predicted molar refractivity (Wildman–Crippen MR) is 96.2 cm³/mol. The number of rotatable bonds is 5. The number of carbonyl (C=O) groups excluding carboxylic acids is 3. The van der Waals surface area contributed by atoms with Gasteiger partial charge in [-0.25, -0.2) is 13.2 Å². The molecular formula is C17H27N3O6S. The smallest absolute Gasteiger partial charge is 0.410 e. The van der Waals surface area contributed by atoms with E-state index in [0.29, 0.717) is 45.1 Å². The van der Waals surface area contributed by atoms with Crippen LogP contribution in [0.25, 0.3) is 0 Å². The van der Waals surface area contributed by atoms with Crippen LogP contribution in [0.3, 0.4) is 0 Å². The molecular weight excluding hydrogens is 374 g/mol. The molecule has 27 heavy (non-hydrogen) atoms. The summed E-state index contributed by atoms with van der Waals surface area (Å²) in [5, 5.41) is 2.16. The SMILES string of the molecule is CC(C)(C)OC(=O)N1CCC[C@H]1C(=O)NC1(C(=O)NS(=O)(=O)C2CC2)CC1. The number of amides is 3. The summed E-state index contributed by atoms with van der Waals surface area (Å²) in [4.78, 5) is 38.8. The highest BCUT2D eigenvalue weighted by Gasteiger charge is 2.54.